The third-order valence-corrected chi connectivity index (χ3v) is 3.34. The third-order valence-electron chi connectivity index (χ3n) is 2.87. The molecule has 0 unspecified atom stereocenters. The standard InChI is InChI=1S/C13H7BrN4/c14-8-5-6-11-17-12-13(18(11)7-8)16-10-4-2-1-3-9(10)15-12/h1-7H. The number of nitrogens with zero attached hydrogens (tertiary/aromatic N) is 4. The van der Waals surface area contributed by atoms with Crippen LogP contribution in [0, 0.1) is 0 Å². The Morgan fingerprint density at radius 1 is 0.889 bits per heavy atom. The summed E-state index contributed by atoms with van der Waals surface area (Å²) in [5, 5.41) is 0. The Labute approximate surface area is 110 Å². The summed E-state index contributed by atoms with van der Waals surface area (Å²) in [6.07, 6.45) is 1.95. The number of fused-ring (bicyclic) bond motifs is 4. The SMILES string of the molecule is Brc1ccc2nc3nc4ccccc4nc3n2c1. The lowest BCUT2D eigenvalue weighted by Crippen LogP contribution is -1.89. The Bertz CT molecular complexity index is 897. The fraction of sp³-hybridized carbons (Fsp3) is 0. The fourth-order valence-electron chi connectivity index (χ4n) is 2.05. The minimum Gasteiger partial charge on any atom is -0.282 e. The van der Waals surface area contributed by atoms with E-state index in [9.17, 15) is 0 Å². The van der Waals surface area contributed by atoms with Crippen LogP contribution >= 0.6 is 15.9 Å². The number of pyridine rings is 1. The average Bonchev–Trinajstić information content (AvgIpc) is 2.73. The van der Waals surface area contributed by atoms with Crippen LogP contribution < -0.4 is 0 Å². The second-order valence-electron chi connectivity index (χ2n) is 4.05. The highest BCUT2D eigenvalue weighted by Gasteiger charge is 2.08. The number of hydrogen-bond donors (Lipinski definition) is 0. The summed E-state index contributed by atoms with van der Waals surface area (Å²) in [5.74, 6) is 0. The monoisotopic (exact) mass is 298 g/mol. The molecule has 4 rings (SSSR count). The minimum atomic E-state index is 0.673. The molecule has 0 aliphatic heterocycles. The van der Waals surface area contributed by atoms with E-state index in [0.29, 0.717) is 5.65 Å². The van der Waals surface area contributed by atoms with Gasteiger partial charge in [-0.3, -0.25) is 4.40 Å². The summed E-state index contributed by atoms with van der Waals surface area (Å²) in [4.78, 5) is 13.6. The zero-order valence-corrected chi connectivity index (χ0v) is 10.8. The van der Waals surface area contributed by atoms with Crippen LogP contribution in [0.5, 0.6) is 0 Å². The van der Waals surface area contributed by atoms with Gasteiger partial charge in [0, 0.05) is 10.7 Å². The highest BCUT2D eigenvalue weighted by atomic mass is 79.9. The van der Waals surface area contributed by atoms with Crippen molar-refractivity contribution >= 4 is 43.9 Å². The van der Waals surface area contributed by atoms with Crippen molar-refractivity contribution in [2.75, 3.05) is 0 Å². The Kier molecular flexibility index (Phi) is 1.93. The molecule has 0 spiro atoms. The Morgan fingerprint density at radius 3 is 2.50 bits per heavy atom. The molecule has 4 aromatic rings. The first-order chi connectivity index (χ1) is 8.81. The molecule has 0 N–H and O–H groups in total. The molecule has 0 atom stereocenters. The van der Waals surface area contributed by atoms with Crippen LogP contribution in [0.1, 0.15) is 0 Å². The predicted octanol–water partition coefficient (Wildman–Crippen LogP) is 3.19. The van der Waals surface area contributed by atoms with E-state index in [-0.39, 0.29) is 0 Å². The van der Waals surface area contributed by atoms with Gasteiger partial charge in [-0.2, -0.15) is 0 Å². The van der Waals surface area contributed by atoms with Crippen molar-refractivity contribution in [1.82, 2.24) is 19.4 Å². The van der Waals surface area contributed by atoms with E-state index in [2.05, 4.69) is 30.9 Å². The van der Waals surface area contributed by atoms with Gasteiger partial charge >= 0.3 is 0 Å². The van der Waals surface area contributed by atoms with Crippen LogP contribution in [0.15, 0.2) is 47.1 Å². The van der Waals surface area contributed by atoms with E-state index in [1.54, 1.807) is 0 Å². The average molecular weight is 299 g/mol. The van der Waals surface area contributed by atoms with Crippen molar-refractivity contribution in [3.63, 3.8) is 0 Å². The lowest BCUT2D eigenvalue weighted by molar-refractivity contribution is 1.18. The third kappa shape index (κ3) is 1.34. The Hall–Kier alpha value is -2.01. The van der Waals surface area contributed by atoms with Crippen molar-refractivity contribution in [2.45, 2.75) is 0 Å². The number of para-hydroxylation sites is 2. The van der Waals surface area contributed by atoms with Crippen LogP contribution in [-0.2, 0) is 0 Å². The second kappa shape index (κ2) is 3.49. The summed E-state index contributed by atoms with van der Waals surface area (Å²) < 4.78 is 2.93. The van der Waals surface area contributed by atoms with E-state index in [4.69, 9.17) is 0 Å². The number of rotatable bonds is 0. The Morgan fingerprint density at radius 2 is 1.67 bits per heavy atom. The molecule has 0 amide bonds. The van der Waals surface area contributed by atoms with Gasteiger partial charge in [0.1, 0.15) is 5.65 Å². The molecule has 0 saturated carbocycles. The molecular formula is C13H7BrN4. The zero-order valence-electron chi connectivity index (χ0n) is 9.21. The molecular weight excluding hydrogens is 292 g/mol. The van der Waals surface area contributed by atoms with Gasteiger partial charge in [0.15, 0.2) is 11.3 Å². The van der Waals surface area contributed by atoms with Crippen LogP contribution in [0.25, 0.3) is 28.0 Å². The fourth-order valence-corrected chi connectivity index (χ4v) is 2.39. The van der Waals surface area contributed by atoms with Crippen LogP contribution in [0.2, 0.25) is 0 Å². The van der Waals surface area contributed by atoms with Gasteiger partial charge in [0.2, 0.25) is 0 Å². The van der Waals surface area contributed by atoms with Crippen molar-refractivity contribution in [2.24, 2.45) is 0 Å². The van der Waals surface area contributed by atoms with Gasteiger partial charge < -0.3 is 0 Å². The summed E-state index contributed by atoms with van der Waals surface area (Å²) in [6, 6.07) is 11.7. The van der Waals surface area contributed by atoms with Crippen molar-refractivity contribution < 1.29 is 0 Å². The van der Waals surface area contributed by atoms with Crippen molar-refractivity contribution in [3.05, 3.63) is 47.1 Å². The first-order valence-electron chi connectivity index (χ1n) is 5.51. The molecule has 4 nitrogen and oxygen atoms in total. The molecule has 86 valence electrons. The minimum absolute atomic E-state index is 0.673. The number of benzene rings is 1. The highest BCUT2D eigenvalue weighted by molar-refractivity contribution is 9.10. The summed E-state index contributed by atoms with van der Waals surface area (Å²) >= 11 is 3.46. The normalized spacial score (nSPS) is 11.6. The quantitative estimate of drug-likeness (QED) is 0.501. The van der Waals surface area contributed by atoms with Crippen LogP contribution in [0.3, 0.4) is 0 Å². The van der Waals surface area contributed by atoms with E-state index < -0.39 is 0 Å². The van der Waals surface area contributed by atoms with E-state index in [1.165, 1.54) is 0 Å². The first kappa shape index (κ1) is 9.96. The molecule has 1 aromatic carbocycles. The van der Waals surface area contributed by atoms with Crippen molar-refractivity contribution in [3.8, 4) is 0 Å². The molecule has 5 heteroatoms. The number of hydrogen-bond acceptors (Lipinski definition) is 3. The highest BCUT2D eigenvalue weighted by Crippen LogP contribution is 2.19. The van der Waals surface area contributed by atoms with E-state index in [0.717, 1.165) is 26.8 Å². The number of aromatic nitrogens is 4. The zero-order chi connectivity index (χ0) is 12.1. The molecule has 3 heterocycles. The molecule has 0 aliphatic rings. The number of imidazole rings is 1. The summed E-state index contributed by atoms with van der Waals surface area (Å²) in [7, 11) is 0. The molecule has 0 saturated heterocycles. The van der Waals surface area contributed by atoms with Gasteiger partial charge in [-0.05, 0) is 40.2 Å². The Balaban J connectivity index is 2.25. The molecule has 0 fully saturated rings. The second-order valence-corrected chi connectivity index (χ2v) is 4.96. The maximum absolute atomic E-state index is 4.62. The first-order valence-corrected chi connectivity index (χ1v) is 6.31. The maximum Gasteiger partial charge on any atom is 0.198 e. The van der Waals surface area contributed by atoms with E-state index in [1.807, 2.05) is 47.0 Å². The smallest absolute Gasteiger partial charge is 0.198 e. The van der Waals surface area contributed by atoms with Gasteiger partial charge in [0.05, 0.1) is 11.0 Å². The lowest BCUT2D eigenvalue weighted by atomic mass is 10.3. The van der Waals surface area contributed by atoms with Crippen molar-refractivity contribution in [1.29, 1.82) is 0 Å². The van der Waals surface area contributed by atoms with Crippen LogP contribution in [-0.4, -0.2) is 19.4 Å². The molecule has 0 radical (unpaired) electrons. The topological polar surface area (TPSA) is 43.1 Å². The van der Waals surface area contributed by atoms with Gasteiger partial charge in [-0.1, -0.05) is 12.1 Å². The summed E-state index contributed by atoms with van der Waals surface area (Å²) in [6.45, 7) is 0. The summed E-state index contributed by atoms with van der Waals surface area (Å²) in [5.41, 5.74) is 4.06. The molecule has 0 bridgehead atoms. The molecule has 18 heavy (non-hydrogen) atoms. The molecule has 0 aliphatic carbocycles. The van der Waals surface area contributed by atoms with Gasteiger partial charge in [0.25, 0.3) is 0 Å². The van der Waals surface area contributed by atoms with Gasteiger partial charge in [-0.25, -0.2) is 15.0 Å². The number of halogens is 1. The molecule has 3 aromatic heterocycles. The van der Waals surface area contributed by atoms with Crippen LogP contribution in [0.4, 0.5) is 0 Å². The lowest BCUT2D eigenvalue weighted by Gasteiger charge is -1.97. The van der Waals surface area contributed by atoms with Gasteiger partial charge in [-0.15, -0.1) is 0 Å². The largest absolute Gasteiger partial charge is 0.282 e. The van der Waals surface area contributed by atoms with E-state index >= 15 is 0 Å². The predicted molar refractivity (Wildman–Crippen MR) is 73.5 cm³/mol. The maximum atomic E-state index is 4.62.